The third-order valence-electron chi connectivity index (χ3n) is 2.22. The van der Waals surface area contributed by atoms with E-state index in [1.807, 2.05) is 0 Å². The van der Waals surface area contributed by atoms with Crippen molar-refractivity contribution in [1.29, 1.82) is 0 Å². The van der Waals surface area contributed by atoms with Crippen molar-refractivity contribution in [1.82, 2.24) is 0 Å². The number of methoxy groups -OCH3 is 1. The molecule has 6 heteroatoms. The summed E-state index contributed by atoms with van der Waals surface area (Å²) in [6, 6.07) is 2.85. The second kappa shape index (κ2) is 5.36. The molecule has 90 valence electrons. The third kappa shape index (κ3) is 2.56. The van der Waals surface area contributed by atoms with E-state index in [-0.39, 0.29) is 10.6 Å². The molecule has 0 aliphatic rings. The Kier molecular flexibility index (Phi) is 4.37. The Balaban J connectivity index is 3.13. The van der Waals surface area contributed by atoms with Crippen molar-refractivity contribution in [3.63, 3.8) is 0 Å². The number of hydrogen-bond acceptors (Lipinski definition) is 5. The van der Waals surface area contributed by atoms with Gasteiger partial charge in [-0.3, -0.25) is 0 Å². The molecule has 1 aromatic carbocycles. The lowest BCUT2D eigenvalue weighted by Gasteiger charge is -2.18. The smallest absolute Gasteiger partial charge is 0.142 e. The molecule has 1 rings (SSSR count). The normalized spacial score (nSPS) is 14.6. The third-order valence-corrected chi connectivity index (χ3v) is 2.55. The van der Waals surface area contributed by atoms with Crippen LogP contribution in [0, 0.1) is 0 Å². The van der Waals surface area contributed by atoms with Gasteiger partial charge in [-0.1, -0.05) is 11.6 Å². The Bertz CT molecular complexity index is 372. The van der Waals surface area contributed by atoms with Crippen molar-refractivity contribution in [2.45, 2.75) is 12.2 Å². The van der Waals surface area contributed by atoms with Crippen LogP contribution in [0.2, 0.25) is 5.02 Å². The second-order valence-electron chi connectivity index (χ2n) is 3.31. The maximum absolute atomic E-state index is 9.69. The van der Waals surface area contributed by atoms with E-state index in [0.717, 1.165) is 0 Å². The predicted octanol–water partition coefficient (Wildman–Crippen LogP) is 0.317. The zero-order valence-electron chi connectivity index (χ0n) is 8.72. The molecule has 0 fully saturated rings. The van der Waals surface area contributed by atoms with Crippen LogP contribution in [0.25, 0.3) is 0 Å². The molecule has 0 aliphatic carbocycles. The number of aliphatic hydroxyl groups is 3. The van der Waals surface area contributed by atoms with Gasteiger partial charge in [0.25, 0.3) is 0 Å². The molecule has 0 spiro atoms. The van der Waals surface area contributed by atoms with Crippen LogP contribution in [0.4, 0.5) is 5.69 Å². The van der Waals surface area contributed by atoms with Gasteiger partial charge in [-0.15, -0.1) is 0 Å². The molecular formula is C10H14ClNO4. The van der Waals surface area contributed by atoms with Crippen LogP contribution in [0.15, 0.2) is 12.1 Å². The Morgan fingerprint density at radius 3 is 2.56 bits per heavy atom. The average molecular weight is 248 g/mol. The van der Waals surface area contributed by atoms with E-state index in [1.54, 1.807) is 0 Å². The highest BCUT2D eigenvalue weighted by molar-refractivity contribution is 6.31. The number of nitrogens with two attached hydrogens (primary N) is 1. The van der Waals surface area contributed by atoms with Gasteiger partial charge in [-0.05, 0) is 12.1 Å². The van der Waals surface area contributed by atoms with Gasteiger partial charge < -0.3 is 25.8 Å². The minimum atomic E-state index is -1.30. The summed E-state index contributed by atoms with van der Waals surface area (Å²) in [5.41, 5.74) is 6.20. The highest BCUT2D eigenvalue weighted by Gasteiger charge is 2.21. The number of anilines is 1. The summed E-state index contributed by atoms with van der Waals surface area (Å²) in [5.74, 6) is 0.351. The number of halogens is 1. The number of benzene rings is 1. The van der Waals surface area contributed by atoms with Gasteiger partial charge in [-0.2, -0.15) is 0 Å². The number of nitrogen functional groups attached to an aromatic ring is 1. The number of ether oxygens (including phenoxy) is 1. The Morgan fingerprint density at radius 2 is 2.06 bits per heavy atom. The molecule has 1 aromatic rings. The minimum Gasteiger partial charge on any atom is -0.495 e. The van der Waals surface area contributed by atoms with Gasteiger partial charge in [0.15, 0.2) is 0 Å². The molecular weight excluding hydrogens is 234 g/mol. The summed E-state index contributed by atoms with van der Waals surface area (Å²) < 4.78 is 4.97. The van der Waals surface area contributed by atoms with Crippen LogP contribution in [0.1, 0.15) is 11.7 Å². The lowest BCUT2D eigenvalue weighted by molar-refractivity contribution is -0.0152. The monoisotopic (exact) mass is 247 g/mol. The van der Waals surface area contributed by atoms with Crippen LogP contribution in [0.3, 0.4) is 0 Å². The van der Waals surface area contributed by atoms with Crippen molar-refractivity contribution in [2.24, 2.45) is 0 Å². The topological polar surface area (TPSA) is 95.9 Å². The van der Waals surface area contributed by atoms with E-state index in [1.165, 1.54) is 19.2 Å². The van der Waals surface area contributed by atoms with Crippen LogP contribution < -0.4 is 10.5 Å². The molecule has 2 unspecified atom stereocenters. The summed E-state index contributed by atoms with van der Waals surface area (Å²) in [6.07, 6.45) is -2.59. The molecule has 0 amide bonds. The molecule has 5 nitrogen and oxygen atoms in total. The Morgan fingerprint density at radius 1 is 1.44 bits per heavy atom. The van der Waals surface area contributed by atoms with E-state index in [2.05, 4.69) is 0 Å². The quantitative estimate of drug-likeness (QED) is 0.575. The van der Waals surface area contributed by atoms with Crippen LogP contribution in [-0.2, 0) is 0 Å². The molecule has 2 atom stereocenters. The highest BCUT2D eigenvalue weighted by Crippen LogP contribution is 2.33. The van der Waals surface area contributed by atoms with E-state index < -0.39 is 18.8 Å². The zero-order valence-corrected chi connectivity index (χ0v) is 9.48. The van der Waals surface area contributed by atoms with E-state index >= 15 is 0 Å². The summed E-state index contributed by atoms with van der Waals surface area (Å²) in [4.78, 5) is 0. The van der Waals surface area contributed by atoms with E-state index in [0.29, 0.717) is 11.4 Å². The molecule has 0 heterocycles. The van der Waals surface area contributed by atoms with E-state index in [9.17, 15) is 10.2 Å². The number of aliphatic hydroxyl groups excluding tert-OH is 3. The SMILES string of the molecule is COc1cc(C(O)C(O)CO)c(Cl)cc1N. The zero-order chi connectivity index (χ0) is 12.3. The molecule has 16 heavy (non-hydrogen) atoms. The molecule has 0 aromatic heterocycles. The molecule has 0 bridgehead atoms. The van der Waals surface area contributed by atoms with Gasteiger partial charge in [-0.25, -0.2) is 0 Å². The molecule has 0 radical (unpaired) electrons. The molecule has 0 saturated heterocycles. The molecule has 5 N–H and O–H groups in total. The first-order valence-electron chi connectivity index (χ1n) is 4.61. The van der Waals surface area contributed by atoms with E-state index in [4.69, 9.17) is 27.2 Å². The summed E-state index contributed by atoms with van der Waals surface area (Å²) in [7, 11) is 1.43. The minimum absolute atomic E-state index is 0.207. The van der Waals surface area contributed by atoms with Crippen molar-refractivity contribution in [3.8, 4) is 5.75 Å². The van der Waals surface area contributed by atoms with Crippen LogP contribution >= 0.6 is 11.6 Å². The fourth-order valence-electron chi connectivity index (χ4n) is 1.30. The Labute approximate surface area is 98.0 Å². The second-order valence-corrected chi connectivity index (χ2v) is 3.72. The maximum atomic E-state index is 9.69. The Hall–Kier alpha value is -1.01. The van der Waals surface area contributed by atoms with Crippen molar-refractivity contribution in [2.75, 3.05) is 19.5 Å². The average Bonchev–Trinajstić information content (AvgIpc) is 2.27. The first kappa shape index (κ1) is 13.1. The van der Waals surface area contributed by atoms with Gasteiger partial charge >= 0.3 is 0 Å². The first-order chi connectivity index (χ1) is 7.51. The van der Waals surface area contributed by atoms with Gasteiger partial charge in [0, 0.05) is 10.6 Å². The lowest BCUT2D eigenvalue weighted by atomic mass is 10.0. The van der Waals surface area contributed by atoms with Gasteiger partial charge in [0.05, 0.1) is 19.4 Å². The van der Waals surface area contributed by atoms with Crippen molar-refractivity contribution < 1.29 is 20.1 Å². The summed E-state index contributed by atoms with van der Waals surface area (Å²) in [5, 5.41) is 27.9. The highest BCUT2D eigenvalue weighted by atomic mass is 35.5. The predicted molar refractivity (Wildman–Crippen MR) is 60.5 cm³/mol. The summed E-state index contributed by atoms with van der Waals surface area (Å²) >= 11 is 5.87. The standard InChI is InChI=1S/C10H14ClNO4/c1-16-9-2-5(6(11)3-7(9)12)10(15)8(14)4-13/h2-3,8,10,13-15H,4,12H2,1H3. The number of rotatable bonds is 4. The maximum Gasteiger partial charge on any atom is 0.142 e. The molecule has 0 aliphatic heterocycles. The fraction of sp³-hybridized carbons (Fsp3) is 0.400. The van der Waals surface area contributed by atoms with Gasteiger partial charge in [0.2, 0.25) is 0 Å². The van der Waals surface area contributed by atoms with Gasteiger partial charge in [0.1, 0.15) is 18.0 Å². The summed E-state index contributed by atoms with van der Waals surface area (Å²) in [6.45, 7) is -0.565. The first-order valence-corrected chi connectivity index (χ1v) is 4.99. The van der Waals surface area contributed by atoms with Crippen LogP contribution in [-0.4, -0.2) is 35.1 Å². The van der Waals surface area contributed by atoms with Crippen molar-refractivity contribution >= 4 is 17.3 Å². The lowest BCUT2D eigenvalue weighted by Crippen LogP contribution is -2.22. The van der Waals surface area contributed by atoms with Crippen LogP contribution in [0.5, 0.6) is 5.75 Å². The molecule has 0 saturated carbocycles. The number of hydrogen-bond donors (Lipinski definition) is 4. The largest absolute Gasteiger partial charge is 0.495 e. The fourth-order valence-corrected chi connectivity index (χ4v) is 1.58. The van der Waals surface area contributed by atoms with Crippen molar-refractivity contribution in [3.05, 3.63) is 22.7 Å².